The van der Waals surface area contributed by atoms with Gasteiger partial charge in [-0.05, 0) is 24.4 Å². The molecule has 0 atom stereocenters. The van der Waals surface area contributed by atoms with Gasteiger partial charge in [-0.25, -0.2) is 0 Å². The van der Waals surface area contributed by atoms with Crippen molar-refractivity contribution in [3.05, 3.63) is 38.9 Å². The van der Waals surface area contributed by atoms with Gasteiger partial charge in [0.15, 0.2) is 0 Å². The average molecular weight is 243 g/mol. The summed E-state index contributed by atoms with van der Waals surface area (Å²) in [5.41, 5.74) is -0.566. The molecule has 0 N–H and O–H groups in total. The molecule has 1 aromatic carbocycles. The summed E-state index contributed by atoms with van der Waals surface area (Å²) in [7, 11) is 0. The molecule has 0 aliphatic rings. The number of amides is 1. The number of carbonyl (C=O) groups is 1. The minimum absolute atomic E-state index is 0.204. The molecular formula is C8H3ClN2O3S. The molecule has 1 aromatic rings. The number of nitro groups is 1. The van der Waals surface area contributed by atoms with Crippen LogP contribution in [-0.2, 0) is 0 Å². The summed E-state index contributed by atoms with van der Waals surface area (Å²) in [5.74, 6) is -0.834. The van der Waals surface area contributed by atoms with Crippen LogP contribution in [0.4, 0.5) is 5.69 Å². The van der Waals surface area contributed by atoms with Gasteiger partial charge in [0.25, 0.3) is 11.6 Å². The van der Waals surface area contributed by atoms with Gasteiger partial charge in [-0.3, -0.25) is 14.9 Å². The van der Waals surface area contributed by atoms with E-state index in [2.05, 4.69) is 17.2 Å². The fourth-order valence-corrected chi connectivity index (χ4v) is 1.20. The van der Waals surface area contributed by atoms with Crippen LogP contribution in [0, 0.1) is 10.1 Å². The van der Waals surface area contributed by atoms with Crippen molar-refractivity contribution in [1.29, 1.82) is 0 Å². The summed E-state index contributed by atoms with van der Waals surface area (Å²) in [6.45, 7) is 0. The fraction of sp³-hybridized carbons (Fsp3) is 0. The second kappa shape index (κ2) is 4.75. The zero-order valence-corrected chi connectivity index (χ0v) is 8.71. The maximum absolute atomic E-state index is 11.3. The maximum Gasteiger partial charge on any atom is 0.292 e. The molecular weight excluding hydrogens is 240 g/mol. The Morgan fingerprint density at radius 3 is 2.80 bits per heavy atom. The van der Waals surface area contributed by atoms with Crippen molar-refractivity contribution in [1.82, 2.24) is 0 Å². The van der Waals surface area contributed by atoms with Gasteiger partial charge in [0.1, 0.15) is 5.56 Å². The quantitative estimate of drug-likeness (QED) is 0.346. The number of isothiocyanates is 1. The van der Waals surface area contributed by atoms with Gasteiger partial charge in [0.2, 0.25) is 0 Å². The Bertz CT molecular complexity index is 483. The summed E-state index contributed by atoms with van der Waals surface area (Å²) in [4.78, 5) is 24.3. The molecule has 0 aliphatic carbocycles. The molecule has 7 heteroatoms. The Labute approximate surface area is 94.5 Å². The van der Waals surface area contributed by atoms with E-state index in [0.717, 1.165) is 12.1 Å². The third-order valence-electron chi connectivity index (χ3n) is 1.53. The second-order valence-corrected chi connectivity index (χ2v) is 3.05. The maximum atomic E-state index is 11.3. The van der Waals surface area contributed by atoms with Crippen molar-refractivity contribution in [2.24, 2.45) is 4.99 Å². The molecule has 0 saturated heterocycles. The van der Waals surface area contributed by atoms with E-state index in [9.17, 15) is 14.9 Å². The highest BCUT2D eigenvalue weighted by atomic mass is 35.5. The number of hydrogen-bond acceptors (Lipinski definition) is 4. The largest absolute Gasteiger partial charge is 0.292 e. The smallest absolute Gasteiger partial charge is 0.266 e. The van der Waals surface area contributed by atoms with E-state index < -0.39 is 10.8 Å². The van der Waals surface area contributed by atoms with E-state index in [4.69, 9.17) is 11.6 Å². The topological polar surface area (TPSA) is 72.6 Å². The number of benzene rings is 1. The van der Waals surface area contributed by atoms with Crippen molar-refractivity contribution in [2.75, 3.05) is 0 Å². The van der Waals surface area contributed by atoms with Crippen LogP contribution in [0.25, 0.3) is 0 Å². The Hall–Kier alpha value is -1.62. The minimum Gasteiger partial charge on any atom is -0.266 e. The SMILES string of the molecule is O=C(N=C=S)c1cc(Cl)ccc1[N+](=O)[O-]. The zero-order valence-electron chi connectivity index (χ0n) is 7.14. The van der Waals surface area contributed by atoms with Gasteiger partial charge < -0.3 is 0 Å². The first kappa shape index (κ1) is 11.5. The summed E-state index contributed by atoms with van der Waals surface area (Å²) in [6, 6.07) is 3.62. The van der Waals surface area contributed by atoms with Crippen molar-refractivity contribution < 1.29 is 9.72 Å². The number of nitro benzene ring substituents is 1. The molecule has 1 amide bonds. The van der Waals surface area contributed by atoms with Crippen LogP contribution >= 0.6 is 23.8 Å². The highest BCUT2D eigenvalue weighted by Gasteiger charge is 2.19. The van der Waals surface area contributed by atoms with Gasteiger partial charge in [-0.1, -0.05) is 11.6 Å². The van der Waals surface area contributed by atoms with E-state index in [-0.39, 0.29) is 16.3 Å². The Kier molecular flexibility index (Phi) is 3.62. The molecule has 76 valence electrons. The monoisotopic (exact) mass is 242 g/mol. The Balaban J connectivity index is 3.36. The lowest BCUT2D eigenvalue weighted by Gasteiger charge is -1.97. The van der Waals surface area contributed by atoms with Crippen LogP contribution in [0.15, 0.2) is 23.2 Å². The average Bonchev–Trinajstić information content (AvgIpc) is 2.17. The van der Waals surface area contributed by atoms with E-state index in [1.807, 2.05) is 5.16 Å². The van der Waals surface area contributed by atoms with Crippen LogP contribution in [0.1, 0.15) is 10.4 Å². The van der Waals surface area contributed by atoms with Gasteiger partial charge in [-0.15, -0.1) is 0 Å². The molecule has 0 aliphatic heterocycles. The van der Waals surface area contributed by atoms with Crippen molar-refractivity contribution in [3.8, 4) is 0 Å². The molecule has 0 unspecified atom stereocenters. The number of aliphatic imine (C=N–C) groups is 1. The summed E-state index contributed by atoms with van der Waals surface area (Å²) in [6.07, 6.45) is 0. The van der Waals surface area contributed by atoms with E-state index >= 15 is 0 Å². The van der Waals surface area contributed by atoms with E-state index in [1.165, 1.54) is 6.07 Å². The highest BCUT2D eigenvalue weighted by molar-refractivity contribution is 7.78. The Morgan fingerprint density at radius 1 is 1.60 bits per heavy atom. The third-order valence-corrected chi connectivity index (χ3v) is 1.86. The normalized spacial score (nSPS) is 9.13. The van der Waals surface area contributed by atoms with Crippen molar-refractivity contribution in [3.63, 3.8) is 0 Å². The highest BCUT2D eigenvalue weighted by Crippen LogP contribution is 2.23. The molecule has 15 heavy (non-hydrogen) atoms. The summed E-state index contributed by atoms with van der Waals surface area (Å²) in [5, 5.41) is 12.6. The van der Waals surface area contributed by atoms with Crippen LogP contribution in [-0.4, -0.2) is 16.0 Å². The van der Waals surface area contributed by atoms with E-state index in [0.29, 0.717) is 0 Å². The molecule has 0 heterocycles. The van der Waals surface area contributed by atoms with E-state index in [1.54, 1.807) is 0 Å². The predicted molar refractivity (Wildman–Crippen MR) is 57.5 cm³/mol. The number of thiocarbonyl (C=S) groups is 1. The lowest BCUT2D eigenvalue weighted by Crippen LogP contribution is -2.00. The van der Waals surface area contributed by atoms with Crippen LogP contribution in [0.2, 0.25) is 5.02 Å². The molecule has 0 spiro atoms. The molecule has 1 rings (SSSR count). The van der Waals surface area contributed by atoms with Crippen LogP contribution in [0.5, 0.6) is 0 Å². The van der Waals surface area contributed by atoms with Crippen LogP contribution < -0.4 is 0 Å². The third kappa shape index (κ3) is 2.66. The second-order valence-electron chi connectivity index (χ2n) is 2.43. The molecule has 0 bridgehead atoms. The van der Waals surface area contributed by atoms with Gasteiger partial charge in [0, 0.05) is 11.1 Å². The first-order chi connectivity index (χ1) is 7.06. The lowest BCUT2D eigenvalue weighted by atomic mass is 10.2. The molecule has 0 radical (unpaired) electrons. The number of rotatable bonds is 2. The number of carbonyl (C=O) groups excluding carboxylic acids is 1. The predicted octanol–water partition coefficient (Wildman–Crippen LogP) is 2.49. The first-order valence-corrected chi connectivity index (χ1v) is 4.41. The first-order valence-electron chi connectivity index (χ1n) is 3.62. The molecule has 0 fully saturated rings. The fourth-order valence-electron chi connectivity index (χ4n) is 0.940. The van der Waals surface area contributed by atoms with Gasteiger partial charge in [0.05, 0.1) is 10.1 Å². The van der Waals surface area contributed by atoms with Gasteiger partial charge >= 0.3 is 0 Å². The van der Waals surface area contributed by atoms with Crippen molar-refractivity contribution in [2.45, 2.75) is 0 Å². The minimum atomic E-state index is -0.834. The zero-order chi connectivity index (χ0) is 11.4. The number of hydrogen-bond donors (Lipinski definition) is 0. The van der Waals surface area contributed by atoms with Crippen LogP contribution in [0.3, 0.4) is 0 Å². The number of halogens is 1. The lowest BCUT2D eigenvalue weighted by molar-refractivity contribution is -0.385. The van der Waals surface area contributed by atoms with Crippen molar-refractivity contribution >= 4 is 40.6 Å². The number of nitrogens with zero attached hydrogens (tertiary/aromatic N) is 2. The molecule has 5 nitrogen and oxygen atoms in total. The summed E-state index contributed by atoms with van der Waals surface area (Å²) < 4.78 is 0. The standard InChI is InChI=1S/C8H3ClN2O3S/c9-5-1-2-7(11(13)14)6(3-5)8(12)10-4-15/h1-3H. The molecule has 0 aromatic heterocycles. The molecule has 0 saturated carbocycles. The van der Waals surface area contributed by atoms with Gasteiger partial charge in [-0.2, -0.15) is 4.99 Å². The Morgan fingerprint density at radius 2 is 2.27 bits per heavy atom. The summed E-state index contributed by atoms with van der Waals surface area (Å²) >= 11 is 9.83.